The molecular weight excluding hydrogens is 160 g/mol. The van der Waals surface area contributed by atoms with E-state index in [-0.39, 0.29) is 5.60 Å². The van der Waals surface area contributed by atoms with E-state index < -0.39 is 0 Å². The highest BCUT2D eigenvalue weighted by atomic mass is 16.5. The Hall–Kier alpha value is -0.820. The summed E-state index contributed by atoms with van der Waals surface area (Å²) in [5.41, 5.74) is 1.08. The van der Waals surface area contributed by atoms with Gasteiger partial charge >= 0.3 is 0 Å². The van der Waals surface area contributed by atoms with Gasteiger partial charge < -0.3 is 4.74 Å². The molecule has 0 spiro atoms. The number of hydrogen-bond acceptors (Lipinski definition) is 1. The van der Waals surface area contributed by atoms with Gasteiger partial charge in [0.25, 0.3) is 0 Å². The van der Waals surface area contributed by atoms with Crippen molar-refractivity contribution in [3.05, 3.63) is 35.9 Å². The average molecular weight is 178 g/mol. The largest absolute Gasteiger partial charge is 0.374 e. The summed E-state index contributed by atoms with van der Waals surface area (Å²) in [4.78, 5) is 0. The van der Waals surface area contributed by atoms with E-state index in [1.54, 1.807) is 7.11 Å². The number of rotatable bonds is 3. The van der Waals surface area contributed by atoms with Crippen LogP contribution < -0.4 is 0 Å². The van der Waals surface area contributed by atoms with Crippen LogP contribution in [0.4, 0.5) is 0 Å². The molecule has 1 atom stereocenters. The van der Waals surface area contributed by atoms with Crippen molar-refractivity contribution in [1.82, 2.24) is 0 Å². The SMILES string of the molecule is COC(C)(c1ccccc1)C(C)C. The third kappa shape index (κ3) is 1.92. The van der Waals surface area contributed by atoms with E-state index in [1.165, 1.54) is 5.56 Å². The van der Waals surface area contributed by atoms with Gasteiger partial charge in [0.05, 0.1) is 5.60 Å². The maximum absolute atomic E-state index is 5.59. The lowest BCUT2D eigenvalue weighted by atomic mass is 9.85. The summed E-state index contributed by atoms with van der Waals surface area (Å²) >= 11 is 0. The zero-order chi connectivity index (χ0) is 9.90. The predicted molar refractivity (Wildman–Crippen MR) is 55.6 cm³/mol. The Morgan fingerprint density at radius 1 is 1.15 bits per heavy atom. The number of hydrogen-bond donors (Lipinski definition) is 0. The first-order valence-corrected chi connectivity index (χ1v) is 4.72. The van der Waals surface area contributed by atoms with E-state index in [0.717, 1.165) is 0 Å². The van der Waals surface area contributed by atoms with Crippen molar-refractivity contribution in [1.29, 1.82) is 0 Å². The van der Waals surface area contributed by atoms with Crippen LogP contribution in [0.25, 0.3) is 0 Å². The second-order valence-electron chi connectivity index (χ2n) is 3.83. The van der Waals surface area contributed by atoms with Crippen LogP contribution in [0.3, 0.4) is 0 Å². The molecule has 0 N–H and O–H groups in total. The predicted octanol–water partition coefficient (Wildman–Crippen LogP) is 3.20. The summed E-state index contributed by atoms with van der Waals surface area (Å²) in [5.74, 6) is 0.472. The van der Waals surface area contributed by atoms with Gasteiger partial charge in [-0.15, -0.1) is 0 Å². The van der Waals surface area contributed by atoms with Gasteiger partial charge in [-0.3, -0.25) is 0 Å². The first-order chi connectivity index (χ1) is 6.11. The molecule has 13 heavy (non-hydrogen) atoms. The van der Waals surface area contributed by atoms with Crippen molar-refractivity contribution in [2.24, 2.45) is 5.92 Å². The molecule has 0 fully saturated rings. The topological polar surface area (TPSA) is 9.23 Å². The van der Waals surface area contributed by atoms with E-state index in [0.29, 0.717) is 5.92 Å². The maximum atomic E-state index is 5.59. The number of ether oxygens (including phenoxy) is 1. The van der Waals surface area contributed by atoms with Crippen LogP contribution in [0.5, 0.6) is 0 Å². The molecule has 0 aliphatic carbocycles. The highest BCUT2D eigenvalue weighted by Gasteiger charge is 2.29. The Balaban J connectivity index is 3.03. The summed E-state index contributed by atoms with van der Waals surface area (Å²) in [5, 5.41) is 0. The monoisotopic (exact) mass is 178 g/mol. The maximum Gasteiger partial charge on any atom is 0.0922 e. The van der Waals surface area contributed by atoms with Gasteiger partial charge in [-0.1, -0.05) is 44.2 Å². The van der Waals surface area contributed by atoms with Crippen LogP contribution in [0.2, 0.25) is 0 Å². The summed E-state index contributed by atoms with van der Waals surface area (Å²) in [6, 6.07) is 10.4. The second-order valence-corrected chi connectivity index (χ2v) is 3.83. The molecule has 0 amide bonds. The molecule has 72 valence electrons. The lowest BCUT2D eigenvalue weighted by Crippen LogP contribution is -2.30. The standard InChI is InChI=1S/C12H18O/c1-10(2)12(3,13-4)11-8-6-5-7-9-11/h5-10H,1-4H3. The lowest BCUT2D eigenvalue weighted by Gasteiger charge is -2.32. The van der Waals surface area contributed by atoms with Gasteiger partial charge in [-0.2, -0.15) is 0 Å². The highest BCUT2D eigenvalue weighted by molar-refractivity contribution is 5.22. The summed E-state index contributed by atoms with van der Waals surface area (Å²) in [7, 11) is 1.77. The van der Waals surface area contributed by atoms with Crippen molar-refractivity contribution in [3.63, 3.8) is 0 Å². The molecule has 0 aromatic heterocycles. The van der Waals surface area contributed by atoms with Crippen molar-refractivity contribution in [2.75, 3.05) is 7.11 Å². The molecule has 1 nitrogen and oxygen atoms in total. The van der Waals surface area contributed by atoms with Crippen LogP contribution >= 0.6 is 0 Å². The van der Waals surface area contributed by atoms with E-state index in [4.69, 9.17) is 4.74 Å². The Morgan fingerprint density at radius 2 is 1.69 bits per heavy atom. The molecule has 1 heteroatoms. The van der Waals surface area contributed by atoms with Gasteiger partial charge in [-0.25, -0.2) is 0 Å². The molecule has 1 aromatic rings. The lowest BCUT2D eigenvalue weighted by molar-refractivity contribution is -0.0373. The minimum absolute atomic E-state index is 0.165. The Kier molecular flexibility index (Phi) is 3.10. The Morgan fingerprint density at radius 3 is 2.08 bits per heavy atom. The van der Waals surface area contributed by atoms with Gasteiger partial charge in [0.1, 0.15) is 0 Å². The smallest absolute Gasteiger partial charge is 0.0922 e. The highest BCUT2D eigenvalue weighted by Crippen LogP contribution is 2.32. The third-order valence-corrected chi connectivity index (χ3v) is 2.87. The molecule has 1 unspecified atom stereocenters. The van der Waals surface area contributed by atoms with Crippen molar-refractivity contribution in [2.45, 2.75) is 26.4 Å². The average Bonchev–Trinajstić information content (AvgIpc) is 2.17. The molecule has 0 heterocycles. The Labute approximate surface area is 80.7 Å². The van der Waals surface area contributed by atoms with Gasteiger partial charge in [0.15, 0.2) is 0 Å². The molecule has 0 aliphatic heterocycles. The summed E-state index contributed by atoms with van der Waals surface area (Å²) in [6.45, 7) is 6.49. The van der Waals surface area contributed by atoms with E-state index >= 15 is 0 Å². The van der Waals surface area contributed by atoms with E-state index in [1.807, 2.05) is 6.07 Å². The van der Waals surface area contributed by atoms with Gasteiger partial charge in [0.2, 0.25) is 0 Å². The van der Waals surface area contributed by atoms with Crippen LogP contribution in [-0.2, 0) is 10.3 Å². The fourth-order valence-electron chi connectivity index (χ4n) is 1.46. The first kappa shape index (κ1) is 10.3. The van der Waals surface area contributed by atoms with Crippen molar-refractivity contribution >= 4 is 0 Å². The van der Waals surface area contributed by atoms with Crippen molar-refractivity contribution < 1.29 is 4.74 Å². The summed E-state index contributed by atoms with van der Waals surface area (Å²) < 4.78 is 5.59. The van der Waals surface area contributed by atoms with Crippen LogP contribution in [-0.4, -0.2) is 7.11 Å². The molecule has 1 rings (SSSR count). The zero-order valence-electron chi connectivity index (χ0n) is 8.87. The minimum Gasteiger partial charge on any atom is -0.374 e. The molecule has 0 saturated heterocycles. The van der Waals surface area contributed by atoms with Crippen LogP contribution in [0.1, 0.15) is 26.3 Å². The number of benzene rings is 1. The van der Waals surface area contributed by atoms with E-state index in [2.05, 4.69) is 45.0 Å². The van der Waals surface area contributed by atoms with Gasteiger partial charge in [0, 0.05) is 7.11 Å². The Bertz CT molecular complexity index is 253. The fourth-order valence-corrected chi connectivity index (χ4v) is 1.46. The normalized spacial score (nSPS) is 15.8. The number of methoxy groups -OCH3 is 1. The summed E-state index contributed by atoms with van der Waals surface area (Å²) in [6.07, 6.45) is 0. The van der Waals surface area contributed by atoms with E-state index in [9.17, 15) is 0 Å². The molecule has 1 aromatic carbocycles. The molecule has 0 bridgehead atoms. The molecule has 0 radical (unpaired) electrons. The second kappa shape index (κ2) is 3.93. The van der Waals surface area contributed by atoms with Gasteiger partial charge in [-0.05, 0) is 18.4 Å². The quantitative estimate of drug-likeness (QED) is 0.690. The zero-order valence-corrected chi connectivity index (χ0v) is 8.87. The fraction of sp³-hybridized carbons (Fsp3) is 0.500. The molecular formula is C12H18O. The molecule has 0 aliphatic rings. The molecule has 0 saturated carbocycles. The van der Waals surface area contributed by atoms with Crippen LogP contribution in [0.15, 0.2) is 30.3 Å². The minimum atomic E-state index is -0.165. The first-order valence-electron chi connectivity index (χ1n) is 4.72. The third-order valence-electron chi connectivity index (χ3n) is 2.87. The van der Waals surface area contributed by atoms with Crippen LogP contribution in [0, 0.1) is 5.92 Å². The van der Waals surface area contributed by atoms with Crippen molar-refractivity contribution in [3.8, 4) is 0 Å².